The molecule has 0 spiro atoms. The average Bonchev–Trinajstić information content (AvgIpc) is 2.82. The van der Waals surface area contributed by atoms with Gasteiger partial charge in [0, 0.05) is 10.9 Å². The number of nitrogens with one attached hydrogen (secondary N) is 1. The van der Waals surface area contributed by atoms with Crippen molar-refractivity contribution in [2.45, 2.75) is 57.7 Å². The monoisotopic (exact) mass is 364 g/mol. The standard InChI is InChI=1S/C17H24N4OS2/c1-9-6-4-5-7-12(9)19-13(22)8-23-17-20-15(18)14-10(2)11(3)24-16(14)21-17/h9,12H,4-8H2,1-3H3,(H,19,22)(H2,18,20,21). The SMILES string of the molecule is Cc1sc2nc(SCC(=O)NC3CCCCC3C)nc(N)c2c1C. The summed E-state index contributed by atoms with van der Waals surface area (Å²) in [5.74, 6) is 1.45. The fourth-order valence-electron chi connectivity index (χ4n) is 3.23. The van der Waals surface area contributed by atoms with Gasteiger partial charge in [-0.1, -0.05) is 31.5 Å². The third kappa shape index (κ3) is 3.67. The molecular weight excluding hydrogens is 340 g/mol. The van der Waals surface area contributed by atoms with E-state index in [1.54, 1.807) is 11.3 Å². The van der Waals surface area contributed by atoms with Crippen LogP contribution in [-0.4, -0.2) is 27.7 Å². The molecule has 2 unspecified atom stereocenters. The van der Waals surface area contributed by atoms with Crippen LogP contribution in [0.2, 0.25) is 0 Å². The number of carbonyl (C=O) groups is 1. The summed E-state index contributed by atoms with van der Waals surface area (Å²) in [7, 11) is 0. The molecule has 2 heterocycles. The Bertz CT molecular complexity index is 759. The molecule has 1 aliphatic rings. The summed E-state index contributed by atoms with van der Waals surface area (Å²) in [5, 5.41) is 4.68. The van der Waals surface area contributed by atoms with E-state index in [1.807, 2.05) is 6.92 Å². The number of nitrogens with two attached hydrogens (primary N) is 1. The Balaban J connectivity index is 1.64. The number of nitrogens with zero attached hydrogens (tertiary/aromatic N) is 2. The number of hydrogen-bond acceptors (Lipinski definition) is 6. The zero-order valence-electron chi connectivity index (χ0n) is 14.4. The zero-order chi connectivity index (χ0) is 17.3. The Kier molecular flexibility index (Phi) is 5.30. The van der Waals surface area contributed by atoms with Gasteiger partial charge in [0.15, 0.2) is 5.16 Å². The van der Waals surface area contributed by atoms with Crippen molar-refractivity contribution in [3.05, 3.63) is 10.4 Å². The normalized spacial score (nSPS) is 21.1. The molecule has 2 atom stereocenters. The molecule has 0 saturated heterocycles. The van der Waals surface area contributed by atoms with Gasteiger partial charge in [-0.25, -0.2) is 9.97 Å². The van der Waals surface area contributed by atoms with Crippen LogP contribution in [0.4, 0.5) is 5.82 Å². The van der Waals surface area contributed by atoms with Crippen molar-refractivity contribution in [2.75, 3.05) is 11.5 Å². The van der Waals surface area contributed by atoms with Gasteiger partial charge in [-0.2, -0.15) is 0 Å². The van der Waals surface area contributed by atoms with Crippen LogP contribution in [0.5, 0.6) is 0 Å². The molecule has 0 aromatic carbocycles. The van der Waals surface area contributed by atoms with Crippen LogP contribution in [-0.2, 0) is 4.79 Å². The summed E-state index contributed by atoms with van der Waals surface area (Å²) in [5.41, 5.74) is 7.23. The smallest absolute Gasteiger partial charge is 0.230 e. The van der Waals surface area contributed by atoms with E-state index in [9.17, 15) is 4.79 Å². The van der Waals surface area contributed by atoms with Crippen molar-refractivity contribution in [3.63, 3.8) is 0 Å². The highest BCUT2D eigenvalue weighted by atomic mass is 32.2. The van der Waals surface area contributed by atoms with Crippen molar-refractivity contribution in [1.82, 2.24) is 15.3 Å². The second-order valence-corrected chi connectivity index (χ2v) is 8.72. The number of aromatic nitrogens is 2. The Labute approximate surface area is 150 Å². The van der Waals surface area contributed by atoms with E-state index in [2.05, 4.69) is 29.1 Å². The van der Waals surface area contributed by atoms with E-state index < -0.39 is 0 Å². The highest BCUT2D eigenvalue weighted by Gasteiger charge is 2.23. The van der Waals surface area contributed by atoms with Crippen LogP contribution in [0.1, 0.15) is 43.0 Å². The van der Waals surface area contributed by atoms with Gasteiger partial charge in [-0.3, -0.25) is 4.79 Å². The Morgan fingerprint density at radius 2 is 2.08 bits per heavy atom. The van der Waals surface area contributed by atoms with Gasteiger partial charge >= 0.3 is 0 Å². The molecular formula is C17H24N4OS2. The van der Waals surface area contributed by atoms with E-state index >= 15 is 0 Å². The molecule has 0 radical (unpaired) electrons. The molecule has 0 aliphatic heterocycles. The number of carbonyl (C=O) groups excluding carboxylic acids is 1. The Morgan fingerprint density at radius 3 is 2.83 bits per heavy atom. The Morgan fingerprint density at radius 1 is 1.33 bits per heavy atom. The number of amides is 1. The van der Waals surface area contributed by atoms with Crippen LogP contribution in [0.25, 0.3) is 10.2 Å². The second kappa shape index (κ2) is 7.27. The van der Waals surface area contributed by atoms with Gasteiger partial charge < -0.3 is 11.1 Å². The lowest BCUT2D eigenvalue weighted by molar-refractivity contribution is -0.119. The first-order chi connectivity index (χ1) is 11.5. The fraction of sp³-hybridized carbons (Fsp3) is 0.588. The lowest BCUT2D eigenvalue weighted by Gasteiger charge is -2.29. The third-order valence-electron chi connectivity index (χ3n) is 4.83. The maximum Gasteiger partial charge on any atom is 0.230 e. The van der Waals surface area contributed by atoms with E-state index in [0.717, 1.165) is 22.2 Å². The molecule has 0 bridgehead atoms. The molecule has 24 heavy (non-hydrogen) atoms. The summed E-state index contributed by atoms with van der Waals surface area (Å²) in [4.78, 5) is 23.3. The lowest BCUT2D eigenvalue weighted by atomic mass is 9.86. The highest BCUT2D eigenvalue weighted by molar-refractivity contribution is 7.99. The largest absolute Gasteiger partial charge is 0.383 e. The molecule has 2 aromatic heterocycles. The molecule has 3 N–H and O–H groups in total. The summed E-state index contributed by atoms with van der Waals surface area (Å²) in [6.45, 7) is 6.32. The van der Waals surface area contributed by atoms with Gasteiger partial charge in [0.25, 0.3) is 0 Å². The van der Waals surface area contributed by atoms with E-state index in [1.165, 1.54) is 35.9 Å². The van der Waals surface area contributed by atoms with E-state index in [4.69, 9.17) is 5.73 Å². The second-order valence-electron chi connectivity index (χ2n) is 6.58. The highest BCUT2D eigenvalue weighted by Crippen LogP contribution is 2.33. The minimum atomic E-state index is 0.0551. The van der Waals surface area contributed by atoms with Crippen molar-refractivity contribution < 1.29 is 4.79 Å². The van der Waals surface area contributed by atoms with Gasteiger partial charge in [0.2, 0.25) is 5.91 Å². The van der Waals surface area contributed by atoms with Gasteiger partial charge in [-0.15, -0.1) is 11.3 Å². The predicted octanol–water partition coefficient (Wildman–Crippen LogP) is 3.68. The molecule has 2 aromatic rings. The minimum Gasteiger partial charge on any atom is -0.383 e. The van der Waals surface area contributed by atoms with Crippen molar-refractivity contribution >= 4 is 45.0 Å². The van der Waals surface area contributed by atoms with Crippen LogP contribution in [0.3, 0.4) is 0 Å². The first-order valence-corrected chi connectivity index (χ1v) is 10.2. The van der Waals surface area contributed by atoms with Crippen molar-refractivity contribution in [1.29, 1.82) is 0 Å². The van der Waals surface area contributed by atoms with Crippen LogP contribution < -0.4 is 11.1 Å². The van der Waals surface area contributed by atoms with E-state index in [0.29, 0.717) is 28.7 Å². The summed E-state index contributed by atoms with van der Waals surface area (Å²) in [6.07, 6.45) is 4.76. The predicted molar refractivity (Wildman–Crippen MR) is 102 cm³/mol. The fourth-order valence-corrected chi connectivity index (χ4v) is 4.99. The molecule has 3 rings (SSSR count). The van der Waals surface area contributed by atoms with E-state index in [-0.39, 0.29) is 5.91 Å². The quantitative estimate of drug-likeness (QED) is 0.639. The number of hydrogen-bond donors (Lipinski definition) is 2. The first-order valence-electron chi connectivity index (χ1n) is 8.41. The number of fused-ring (bicyclic) bond motifs is 1. The molecule has 130 valence electrons. The summed E-state index contributed by atoms with van der Waals surface area (Å²) in [6, 6.07) is 0.308. The molecule has 1 amide bonds. The molecule has 1 saturated carbocycles. The zero-order valence-corrected chi connectivity index (χ0v) is 16.0. The van der Waals surface area contributed by atoms with Gasteiger partial charge in [-0.05, 0) is 38.2 Å². The number of thiophene rings is 1. The lowest BCUT2D eigenvalue weighted by Crippen LogP contribution is -2.41. The van der Waals surface area contributed by atoms with Crippen LogP contribution in [0, 0.1) is 19.8 Å². The topological polar surface area (TPSA) is 80.9 Å². The number of thioether (sulfide) groups is 1. The minimum absolute atomic E-state index is 0.0551. The van der Waals surface area contributed by atoms with Gasteiger partial charge in [0.1, 0.15) is 10.6 Å². The van der Waals surface area contributed by atoms with Crippen molar-refractivity contribution in [3.8, 4) is 0 Å². The molecule has 5 nitrogen and oxygen atoms in total. The Hall–Kier alpha value is -1.34. The van der Waals surface area contributed by atoms with Crippen molar-refractivity contribution in [2.24, 2.45) is 5.92 Å². The number of anilines is 1. The molecule has 1 aliphatic carbocycles. The van der Waals surface area contributed by atoms with Crippen LogP contribution >= 0.6 is 23.1 Å². The first kappa shape index (κ1) is 17.5. The summed E-state index contributed by atoms with van der Waals surface area (Å²) >= 11 is 2.98. The van der Waals surface area contributed by atoms with Crippen LogP contribution in [0.15, 0.2) is 5.16 Å². The maximum atomic E-state index is 12.2. The number of nitrogen functional groups attached to an aromatic ring is 1. The molecule has 7 heteroatoms. The van der Waals surface area contributed by atoms with Gasteiger partial charge in [0.05, 0.1) is 11.1 Å². The average molecular weight is 365 g/mol. The molecule has 1 fully saturated rings. The number of rotatable bonds is 4. The maximum absolute atomic E-state index is 12.2. The third-order valence-corrected chi connectivity index (χ3v) is 6.77. The summed E-state index contributed by atoms with van der Waals surface area (Å²) < 4.78 is 0. The number of aryl methyl sites for hydroxylation is 2.